The van der Waals surface area contributed by atoms with Crippen LogP contribution in [0.25, 0.3) is 0 Å². The quantitative estimate of drug-likeness (QED) is 0.0199. The van der Waals surface area contributed by atoms with Gasteiger partial charge >= 0.3 is 0 Å². The molecule has 3 aliphatic rings. The maximum Gasteiger partial charge on any atom is 0.220 e. The van der Waals surface area contributed by atoms with Gasteiger partial charge in [0.15, 0.2) is 18.9 Å². The fourth-order valence-corrected chi connectivity index (χ4v) is 13.1. The first-order chi connectivity index (χ1) is 48.8. The molecule has 3 fully saturated rings. The molecule has 3 heterocycles. The lowest BCUT2D eigenvalue weighted by molar-refractivity contribution is -0.379. The van der Waals surface area contributed by atoms with E-state index in [4.69, 9.17) is 28.4 Å². The molecule has 19 heteroatoms. The summed E-state index contributed by atoms with van der Waals surface area (Å²) in [5.41, 5.74) is 0. The van der Waals surface area contributed by atoms with Crippen LogP contribution in [0.4, 0.5) is 0 Å². The summed E-state index contributed by atoms with van der Waals surface area (Å²) >= 11 is 0. The maximum absolute atomic E-state index is 13.5. The van der Waals surface area contributed by atoms with Crippen molar-refractivity contribution < 1.29 is 89.4 Å². The molecule has 3 aliphatic heterocycles. The highest BCUT2D eigenvalue weighted by molar-refractivity contribution is 5.76. The van der Waals surface area contributed by atoms with Gasteiger partial charge in [0.05, 0.1) is 38.6 Å². The summed E-state index contributed by atoms with van der Waals surface area (Å²) in [6.07, 6.45) is 54.0. The van der Waals surface area contributed by atoms with Crippen LogP contribution in [-0.2, 0) is 33.2 Å². The van der Waals surface area contributed by atoms with E-state index < -0.39 is 124 Å². The summed E-state index contributed by atoms with van der Waals surface area (Å²) in [5, 5.41) is 121. The molecule has 3 rings (SSSR count). The molecule has 580 valence electrons. The average molecular weight is 1420 g/mol. The van der Waals surface area contributed by atoms with Crippen LogP contribution in [0.15, 0.2) is 85.1 Å². The molecule has 0 radical (unpaired) electrons. The number of ether oxygens (including phenoxy) is 6. The Morgan fingerprint density at radius 3 is 1.08 bits per heavy atom. The highest BCUT2D eigenvalue weighted by Gasteiger charge is 2.54. The summed E-state index contributed by atoms with van der Waals surface area (Å²) in [6.45, 7) is 1.70. The molecule has 17 atom stereocenters. The van der Waals surface area contributed by atoms with Gasteiger partial charge in [-0.25, -0.2) is 0 Å². The number of carbonyl (C=O) groups excluding carboxylic acids is 1. The molecule has 0 aromatic carbocycles. The zero-order valence-electron chi connectivity index (χ0n) is 61.9. The maximum atomic E-state index is 13.5. The average Bonchev–Trinajstić information content (AvgIpc) is 0.783. The highest BCUT2D eigenvalue weighted by Crippen LogP contribution is 2.33. The minimum absolute atomic E-state index is 0.241. The lowest BCUT2D eigenvalue weighted by Crippen LogP contribution is -2.66. The summed E-state index contributed by atoms with van der Waals surface area (Å²) in [7, 11) is 0. The second-order valence-corrected chi connectivity index (χ2v) is 28.2. The molecule has 3 saturated heterocycles. The number of rotatable bonds is 62. The summed E-state index contributed by atoms with van der Waals surface area (Å²) in [6, 6.07) is -0.889. The van der Waals surface area contributed by atoms with Crippen molar-refractivity contribution in [3.63, 3.8) is 0 Å². The van der Waals surface area contributed by atoms with Crippen molar-refractivity contribution >= 4 is 5.91 Å². The number of aliphatic hydroxyl groups is 11. The molecule has 0 aromatic heterocycles. The molecule has 0 saturated carbocycles. The first-order valence-corrected chi connectivity index (χ1v) is 39.8. The number of aliphatic hydroxyl groups excluding tert-OH is 11. The number of hydrogen-bond acceptors (Lipinski definition) is 18. The van der Waals surface area contributed by atoms with Crippen molar-refractivity contribution in [2.75, 3.05) is 26.4 Å². The highest BCUT2D eigenvalue weighted by atomic mass is 16.8. The van der Waals surface area contributed by atoms with Gasteiger partial charge in [-0.2, -0.15) is 0 Å². The van der Waals surface area contributed by atoms with Crippen molar-refractivity contribution in [2.45, 2.75) is 394 Å². The standard InChI is InChI=1S/C81H143NO18/c1-3-5-7-9-11-13-15-17-19-20-21-22-23-24-25-26-27-28-29-30-31-32-33-34-35-36-37-38-39-40-41-42-43-44-45-47-49-51-53-55-57-59-69(87)82-64(65(86)58-56-54-52-50-48-46-18-16-14-12-10-8-6-4-2)63-95-79-75(93)72(90)77(67(61-84)97-79)100-81-76(94)73(91)78(68(62-85)98-81)99-80-74(92)71(89)70(88)66(60-83)96-80/h5,7,11,13,17,19,21-22,24-25,27-28,30-31,64-68,70-81,83-86,88-94H,3-4,6,8-10,12,14-16,18,20,23,26,29,32-63H2,1-2H3,(H,82,87)/b7-5-,13-11-,19-17-,22-21-,25-24-,28-27-,31-30-. The van der Waals surface area contributed by atoms with E-state index in [-0.39, 0.29) is 18.9 Å². The van der Waals surface area contributed by atoms with Crippen LogP contribution in [-0.4, -0.2) is 193 Å². The van der Waals surface area contributed by atoms with Crippen molar-refractivity contribution in [3.05, 3.63) is 85.1 Å². The summed E-state index contributed by atoms with van der Waals surface area (Å²) in [4.78, 5) is 13.5. The van der Waals surface area contributed by atoms with Gasteiger partial charge in [0, 0.05) is 6.42 Å². The SMILES string of the molecule is CC/C=C\C/C=C\C/C=C\C/C=C\C/C=C\C/C=C\C/C=C\CCCCCCCCCCCCCCCCCCCCCC(=O)NC(COC1OC(CO)C(OC2OC(CO)C(OC3OC(CO)C(O)C(O)C3O)C(O)C2O)C(O)C1O)C(O)CCCCCCCCCCCCCCCC. The Balaban J connectivity index is 1.28. The Bertz CT molecular complexity index is 2140. The van der Waals surface area contributed by atoms with Crippen molar-refractivity contribution in [3.8, 4) is 0 Å². The Morgan fingerprint density at radius 1 is 0.370 bits per heavy atom. The number of hydrogen-bond donors (Lipinski definition) is 12. The van der Waals surface area contributed by atoms with Gasteiger partial charge in [-0.3, -0.25) is 4.79 Å². The third kappa shape index (κ3) is 41.0. The van der Waals surface area contributed by atoms with Gasteiger partial charge < -0.3 is 89.9 Å². The predicted octanol–water partition coefficient (Wildman–Crippen LogP) is 13.0. The zero-order chi connectivity index (χ0) is 72.5. The molecular formula is C81H143NO18. The van der Waals surface area contributed by atoms with E-state index in [1.165, 1.54) is 167 Å². The molecule has 100 heavy (non-hydrogen) atoms. The molecule has 0 aromatic rings. The lowest BCUT2D eigenvalue weighted by Gasteiger charge is -2.48. The number of allylic oxidation sites excluding steroid dienone is 14. The van der Waals surface area contributed by atoms with Crippen LogP contribution in [0.1, 0.15) is 290 Å². The number of carbonyl (C=O) groups is 1. The van der Waals surface area contributed by atoms with Gasteiger partial charge in [0.1, 0.15) is 73.2 Å². The minimum atomic E-state index is -1.97. The van der Waals surface area contributed by atoms with Crippen LogP contribution in [0.5, 0.6) is 0 Å². The molecule has 0 bridgehead atoms. The van der Waals surface area contributed by atoms with Crippen LogP contribution in [0.3, 0.4) is 0 Å². The zero-order valence-corrected chi connectivity index (χ0v) is 61.9. The summed E-state index contributed by atoms with van der Waals surface area (Å²) < 4.78 is 34.5. The van der Waals surface area contributed by atoms with E-state index in [0.29, 0.717) is 12.8 Å². The molecule has 19 nitrogen and oxygen atoms in total. The fraction of sp³-hybridized carbons (Fsp3) is 0.815. The third-order valence-electron chi connectivity index (χ3n) is 19.5. The van der Waals surface area contributed by atoms with Gasteiger partial charge in [0.2, 0.25) is 5.91 Å². The number of unbranched alkanes of at least 4 members (excludes halogenated alkanes) is 32. The molecule has 17 unspecified atom stereocenters. The first-order valence-electron chi connectivity index (χ1n) is 39.8. The van der Waals surface area contributed by atoms with E-state index >= 15 is 0 Å². The molecule has 0 spiro atoms. The van der Waals surface area contributed by atoms with E-state index in [1.54, 1.807) is 0 Å². The van der Waals surface area contributed by atoms with Crippen molar-refractivity contribution in [2.24, 2.45) is 0 Å². The van der Waals surface area contributed by atoms with Gasteiger partial charge in [-0.05, 0) is 70.6 Å². The fourth-order valence-electron chi connectivity index (χ4n) is 13.1. The van der Waals surface area contributed by atoms with Gasteiger partial charge in [0.25, 0.3) is 0 Å². The monoisotopic (exact) mass is 1420 g/mol. The van der Waals surface area contributed by atoms with Gasteiger partial charge in [-0.1, -0.05) is 298 Å². The Labute approximate surface area is 603 Å². The van der Waals surface area contributed by atoms with Crippen molar-refractivity contribution in [1.29, 1.82) is 0 Å². The normalized spacial score (nSPS) is 26.9. The van der Waals surface area contributed by atoms with E-state index in [9.17, 15) is 61.0 Å². The minimum Gasteiger partial charge on any atom is -0.394 e. The second kappa shape index (κ2) is 61.2. The van der Waals surface area contributed by atoms with Crippen molar-refractivity contribution in [1.82, 2.24) is 5.32 Å². The van der Waals surface area contributed by atoms with E-state index in [0.717, 1.165) is 89.9 Å². The van der Waals surface area contributed by atoms with E-state index in [2.05, 4.69) is 104 Å². The largest absolute Gasteiger partial charge is 0.394 e. The lowest BCUT2D eigenvalue weighted by atomic mass is 9.96. The Morgan fingerprint density at radius 2 is 0.690 bits per heavy atom. The van der Waals surface area contributed by atoms with Crippen LogP contribution < -0.4 is 5.32 Å². The van der Waals surface area contributed by atoms with Crippen LogP contribution >= 0.6 is 0 Å². The number of nitrogens with one attached hydrogen (secondary N) is 1. The Hall–Kier alpha value is -3.03. The number of amides is 1. The predicted molar refractivity (Wildman–Crippen MR) is 397 cm³/mol. The van der Waals surface area contributed by atoms with E-state index in [1.807, 2.05) is 0 Å². The molecule has 12 N–H and O–H groups in total. The van der Waals surface area contributed by atoms with Crippen LogP contribution in [0, 0.1) is 0 Å². The molecule has 0 aliphatic carbocycles. The second-order valence-electron chi connectivity index (χ2n) is 28.2. The van der Waals surface area contributed by atoms with Crippen LogP contribution in [0.2, 0.25) is 0 Å². The topological polar surface area (TPSA) is 307 Å². The third-order valence-corrected chi connectivity index (χ3v) is 19.5. The molecular weight excluding hydrogens is 1270 g/mol. The van der Waals surface area contributed by atoms with Gasteiger partial charge in [-0.15, -0.1) is 0 Å². The Kier molecular flexibility index (Phi) is 55.8. The summed E-state index contributed by atoms with van der Waals surface area (Å²) in [5.74, 6) is -0.241. The first kappa shape index (κ1) is 91.2. The molecule has 1 amide bonds. The smallest absolute Gasteiger partial charge is 0.220 e.